The molecule has 1 saturated heterocycles. The van der Waals surface area contributed by atoms with Gasteiger partial charge in [-0.1, -0.05) is 5.21 Å². The van der Waals surface area contributed by atoms with Crippen LogP contribution in [0.1, 0.15) is 24.2 Å². The summed E-state index contributed by atoms with van der Waals surface area (Å²) in [4.78, 5) is 15.3. The molecule has 0 saturated carbocycles. The van der Waals surface area contributed by atoms with Crippen LogP contribution in [0.15, 0.2) is 24.4 Å². The summed E-state index contributed by atoms with van der Waals surface area (Å²) in [6, 6.07) is 5.53. The molecule has 3 aromatic heterocycles. The fourth-order valence-corrected chi connectivity index (χ4v) is 3.08. The van der Waals surface area contributed by atoms with Gasteiger partial charge in [0.1, 0.15) is 29.6 Å². The zero-order chi connectivity index (χ0) is 18.8. The maximum atomic E-state index is 9.68. The van der Waals surface area contributed by atoms with Gasteiger partial charge in [0.2, 0.25) is 0 Å². The molecule has 0 unspecified atom stereocenters. The van der Waals surface area contributed by atoms with Crippen molar-refractivity contribution in [2.75, 3.05) is 18.0 Å². The van der Waals surface area contributed by atoms with Gasteiger partial charge in [-0.25, -0.2) is 14.6 Å². The van der Waals surface area contributed by atoms with Gasteiger partial charge in [0.25, 0.3) is 0 Å². The SMILES string of the molecule is Cc1nc(-c2nnn(C)c2COc2nccc(N3CCCC3)n2)ccc1O. The highest BCUT2D eigenvalue weighted by Gasteiger charge is 2.18. The first kappa shape index (κ1) is 17.2. The molecule has 4 rings (SSSR count). The molecule has 140 valence electrons. The summed E-state index contributed by atoms with van der Waals surface area (Å²) in [5.41, 5.74) is 2.52. The van der Waals surface area contributed by atoms with Crippen LogP contribution in [0.5, 0.6) is 11.8 Å². The fraction of sp³-hybridized carbons (Fsp3) is 0.389. The minimum absolute atomic E-state index is 0.146. The second kappa shape index (κ2) is 7.18. The van der Waals surface area contributed by atoms with Gasteiger partial charge in [-0.05, 0) is 38.0 Å². The van der Waals surface area contributed by atoms with Crippen molar-refractivity contribution in [2.24, 2.45) is 7.05 Å². The highest BCUT2D eigenvalue weighted by molar-refractivity contribution is 5.58. The first-order chi connectivity index (χ1) is 13.1. The zero-order valence-corrected chi connectivity index (χ0v) is 15.3. The number of aromatic hydroxyl groups is 1. The highest BCUT2D eigenvalue weighted by Crippen LogP contribution is 2.24. The second-order valence-corrected chi connectivity index (χ2v) is 6.49. The van der Waals surface area contributed by atoms with Crippen LogP contribution in [0.3, 0.4) is 0 Å². The van der Waals surface area contributed by atoms with Crippen LogP contribution in [0.2, 0.25) is 0 Å². The summed E-state index contributed by atoms with van der Waals surface area (Å²) in [7, 11) is 1.80. The van der Waals surface area contributed by atoms with Crippen LogP contribution in [-0.4, -0.2) is 48.1 Å². The average molecular weight is 367 g/mol. The predicted octanol–water partition coefficient (Wildman–Crippen LogP) is 1.86. The molecule has 1 aliphatic rings. The molecular formula is C18H21N7O2. The fourth-order valence-electron chi connectivity index (χ4n) is 3.08. The van der Waals surface area contributed by atoms with Crippen molar-refractivity contribution in [3.63, 3.8) is 0 Å². The number of ether oxygens (including phenoxy) is 1. The Labute approximate surface area is 156 Å². The van der Waals surface area contributed by atoms with Crippen molar-refractivity contribution in [3.8, 4) is 23.1 Å². The number of aromatic nitrogens is 6. The second-order valence-electron chi connectivity index (χ2n) is 6.49. The Morgan fingerprint density at radius 1 is 1.15 bits per heavy atom. The summed E-state index contributed by atoms with van der Waals surface area (Å²) >= 11 is 0. The lowest BCUT2D eigenvalue weighted by atomic mass is 10.2. The molecule has 0 aliphatic carbocycles. The van der Waals surface area contributed by atoms with Crippen molar-refractivity contribution in [3.05, 3.63) is 35.8 Å². The maximum Gasteiger partial charge on any atom is 0.318 e. The van der Waals surface area contributed by atoms with Gasteiger partial charge in [-0.15, -0.1) is 5.10 Å². The number of aryl methyl sites for hydroxylation is 2. The van der Waals surface area contributed by atoms with Gasteiger partial charge in [0.05, 0.1) is 11.4 Å². The van der Waals surface area contributed by atoms with E-state index < -0.39 is 0 Å². The van der Waals surface area contributed by atoms with E-state index in [2.05, 4.69) is 30.2 Å². The van der Waals surface area contributed by atoms with E-state index in [1.54, 1.807) is 37.0 Å². The molecule has 0 aromatic carbocycles. The topological polar surface area (TPSA) is 102 Å². The van der Waals surface area contributed by atoms with Crippen LogP contribution < -0.4 is 9.64 Å². The van der Waals surface area contributed by atoms with E-state index in [0.29, 0.717) is 23.1 Å². The van der Waals surface area contributed by atoms with E-state index in [1.165, 1.54) is 12.8 Å². The van der Waals surface area contributed by atoms with Crippen LogP contribution in [-0.2, 0) is 13.7 Å². The molecule has 0 amide bonds. The molecule has 4 heterocycles. The number of pyridine rings is 1. The lowest BCUT2D eigenvalue weighted by Crippen LogP contribution is -2.19. The summed E-state index contributed by atoms with van der Waals surface area (Å²) in [5.74, 6) is 1.03. The number of hydrogen-bond acceptors (Lipinski definition) is 8. The van der Waals surface area contributed by atoms with E-state index in [1.807, 2.05) is 6.07 Å². The largest absolute Gasteiger partial charge is 0.506 e. The van der Waals surface area contributed by atoms with Crippen molar-refractivity contribution in [1.29, 1.82) is 0 Å². The lowest BCUT2D eigenvalue weighted by molar-refractivity contribution is 0.271. The van der Waals surface area contributed by atoms with Gasteiger partial charge in [0, 0.05) is 26.3 Å². The standard InChI is InChI=1S/C18H21N7O2/c1-12-15(26)6-5-13(20-12)17-14(24(2)23-22-17)11-27-18-19-8-7-16(21-18)25-9-3-4-10-25/h5-8,26H,3-4,9-11H2,1-2H3. The van der Waals surface area contributed by atoms with E-state index in [9.17, 15) is 5.11 Å². The quantitative estimate of drug-likeness (QED) is 0.729. The molecule has 1 aliphatic heterocycles. The zero-order valence-electron chi connectivity index (χ0n) is 15.3. The van der Waals surface area contributed by atoms with Gasteiger partial charge < -0.3 is 14.7 Å². The smallest absolute Gasteiger partial charge is 0.318 e. The molecule has 0 radical (unpaired) electrons. The molecule has 1 N–H and O–H groups in total. The molecule has 1 fully saturated rings. The van der Waals surface area contributed by atoms with Crippen molar-refractivity contribution >= 4 is 5.82 Å². The Kier molecular flexibility index (Phi) is 4.57. The molecular weight excluding hydrogens is 346 g/mol. The van der Waals surface area contributed by atoms with Crippen LogP contribution in [0.4, 0.5) is 5.82 Å². The van der Waals surface area contributed by atoms with E-state index in [0.717, 1.165) is 24.6 Å². The van der Waals surface area contributed by atoms with Crippen molar-refractivity contribution in [1.82, 2.24) is 29.9 Å². The Bertz CT molecular complexity index is 951. The molecule has 27 heavy (non-hydrogen) atoms. The Morgan fingerprint density at radius 3 is 2.74 bits per heavy atom. The third kappa shape index (κ3) is 3.53. The van der Waals surface area contributed by atoms with Crippen LogP contribution in [0.25, 0.3) is 11.4 Å². The third-order valence-corrected chi connectivity index (χ3v) is 4.63. The third-order valence-electron chi connectivity index (χ3n) is 4.63. The summed E-state index contributed by atoms with van der Waals surface area (Å²) in [6.07, 6.45) is 4.08. The maximum absolute atomic E-state index is 9.68. The van der Waals surface area contributed by atoms with E-state index in [-0.39, 0.29) is 12.4 Å². The number of nitrogens with zero attached hydrogens (tertiary/aromatic N) is 7. The molecule has 9 heteroatoms. The monoisotopic (exact) mass is 367 g/mol. The minimum Gasteiger partial charge on any atom is -0.506 e. The van der Waals surface area contributed by atoms with Crippen LogP contribution in [0, 0.1) is 6.92 Å². The molecule has 9 nitrogen and oxygen atoms in total. The van der Waals surface area contributed by atoms with E-state index in [4.69, 9.17) is 4.74 Å². The van der Waals surface area contributed by atoms with Crippen molar-refractivity contribution < 1.29 is 9.84 Å². The first-order valence-electron chi connectivity index (χ1n) is 8.88. The molecule has 0 bridgehead atoms. The molecule has 0 atom stereocenters. The van der Waals surface area contributed by atoms with Gasteiger partial charge >= 0.3 is 6.01 Å². The normalized spacial score (nSPS) is 13.9. The highest BCUT2D eigenvalue weighted by atomic mass is 16.5. The van der Waals surface area contributed by atoms with Gasteiger partial charge in [-0.2, -0.15) is 4.98 Å². The van der Waals surface area contributed by atoms with Gasteiger partial charge in [-0.3, -0.25) is 0 Å². The number of anilines is 1. The number of hydrogen-bond donors (Lipinski definition) is 1. The Balaban J connectivity index is 1.54. The first-order valence-corrected chi connectivity index (χ1v) is 8.88. The molecule has 0 spiro atoms. The van der Waals surface area contributed by atoms with Crippen molar-refractivity contribution in [2.45, 2.75) is 26.4 Å². The molecule has 3 aromatic rings. The Hall–Kier alpha value is -3.23. The number of rotatable bonds is 5. The lowest BCUT2D eigenvalue weighted by Gasteiger charge is -2.16. The summed E-state index contributed by atoms with van der Waals surface area (Å²) in [6.45, 7) is 3.98. The summed E-state index contributed by atoms with van der Waals surface area (Å²) < 4.78 is 7.46. The summed E-state index contributed by atoms with van der Waals surface area (Å²) in [5, 5.41) is 17.9. The average Bonchev–Trinajstić information content (AvgIpc) is 3.33. The Morgan fingerprint density at radius 2 is 1.96 bits per heavy atom. The predicted molar refractivity (Wildman–Crippen MR) is 98.4 cm³/mol. The van der Waals surface area contributed by atoms with Crippen LogP contribution >= 0.6 is 0 Å². The van der Waals surface area contributed by atoms with E-state index >= 15 is 0 Å². The van der Waals surface area contributed by atoms with Gasteiger partial charge in [0.15, 0.2) is 0 Å². The minimum atomic E-state index is 0.146.